The lowest BCUT2D eigenvalue weighted by molar-refractivity contribution is -0.145. The molecule has 33 heavy (non-hydrogen) atoms. The Labute approximate surface area is 195 Å². The number of esters is 1. The van der Waals surface area contributed by atoms with Crippen molar-refractivity contribution in [2.75, 3.05) is 13.2 Å². The minimum atomic E-state index is -0.250. The van der Waals surface area contributed by atoms with Gasteiger partial charge in [0.2, 0.25) is 5.89 Å². The highest BCUT2D eigenvalue weighted by molar-refractivity contribution is 7.71. The van der Waals surface area contributed by atoms with Gasteiger partial charge in [0.05, 0.1) is 42.3 Å². The highest BCUT2D eigenvalue weighted by atomic mass is 32.1. The number of carbonyl (C=O) groups is 1. The topological polar surface area (TPSA) is 86.3 Å². The van der Waals surface area contributed by atoms with Crippen LogP contribution in [0.15, 0.2) is 59.1 Å². The van der Waals surface area contributed by atoms with Crippen molar-refractivity contribution in [1.29, 1.82) is 0 Å². The highest BCUT2D eigenvalue weighted by Gasteiger charge is 2.31. The molecule has 0 bridgehead atoms. The van der Waals surface area contributed by atoms with E-state index >= 15 is 0 Å². The molecule has 8 nitrogen and oxygen atoms in total. The van der Waals surface area contributed by atoms with Crippen molar-refractivity contribution < 1.29 is 13.9 Å². The van der Waals surface area contributed by atoms with Crippen molar-refractivity contribution in [2.45, 2.75) is 32.5 Å². The maximum absolute atomic E-state index is 12.1. The van der Waals surface area contributed by atoms with Crippen LogP contribution in [0.2, 0.25) is 0 Å². The molecule has 0 unspecified atom stereocenters. The number of nitrogens with zero attached hydrogens (tertiary/aromatic N) is 5. The molecule has 1 saturated carbocycles. The Bertz CT molecular complexity index is 1350. The third-order valence-electron chi connectivity index (χ3n) is 5.50. The van der Waals surface area contributed by atoms with Crippen molar-refractivity contribution >= 4 is 29.1 Å². The van der Waals surface area contributed by atoms with Crippen LogP contribution in [0, 0.1) is 4.84 Å². The van der Waals surface area contributed by atoms with Crippen molar-refractivity contribution in [3.05, 3.63) is 59.6 Å². The first kappa shape index (κ1) is 21.4. The van der Waals surface area contributed by atoms with E-state index in [2.05, 4.69) is 10.1 Å². The van der Waals surface area contributed by atoms with Crippen LogP contribution in [-0.2, 0) is 16.2 Å². The Balaban J connectivity index is 1.51. The lowest BCUT2D eigenvalue weighted by Crippen LogP contribution is -2.35. The number of para-hydroxylation sites is 1. The Morgan fingerprint density at radius 2 is 2.03 bits per heavy atom. The monoisotopic (exact) mass is 461 g/mol. The lowest BCUT2D eigenvalue weighted by atomic mass is 10.1. The molecule has 3 aromatic heterocycles. The number of hydrogen-bond acceptors (Lipinski definition) is 8. The van der Waals surface area contributed by atoms with E-state index in [1.807, 2.05) is 53.4 Å². The molecule has 1 aromatic carbocycles. The second kappa shape index (κ2) is 9.21. The molecule has 0 atom stereocenters. The summed E-state index contributed by atoms with van der Waals surface area (Å²) in [4.78, 5) is 23.5. The van der Waals surface area contributed by atoms with Crippen LogP contribution in [0.3, 0.4) is 0 Å². The predicted octanol–water partition coefficient (Wildman–Crippen LogP) is 4.47. The van der Waals surface area contributed by atoms with Crippen LogP contribution in [0.1, 0.15) is 19.8 Å². The second-order valence-corrected chi connectivity index (χ2v) is 8.23. The molecular weight excluding hydrogens is 438 g/mol. The van der Waals surface area contributed by atoms with Gasteiger partial charge < -0.3 is 9.15 Å². The zero-order valence-electron chi connectivity index (χ0n) is 18.2. The molecule has 0 saturated heterocycles. The zero-order valence-corrected chi connectivity index (χ0v) is 19.0. The maximum atomic E-state index is 12.1. The third kappa shape index (κ3) is 4.69. The molecule has 0 spiro atoms. The van der Waals surface area contributed by atoms with Gasteiger partial charge in [-0.1, -0.05) is 24.3 Å². The Morgan fingerprint density at radius 3 is 2.79 bits per heavy atom. The fraction of sp³-hybridized carbons (Fsp3) is 0.292. The van der Waals surface area contributed by atoms with Crippen molar-refractivity contribution in [1.82, 2.24) is 24.6 Å². The molecular formula is C24H23N5O3S. The number of pyridine rings is 2. The number of rotatable bonds is 8. The van der Waals surface area contributed by atoms with Gasteiger partial charge in [-0.3, -0.25) is 14.7 Å². The summed E-state index contributed by atoms with van der Waals surface area (Å²) in [6, 6.07) is 15.8. The van der Waals surface area contributed by atoms with Gasteiger partial charge in [-0.2, -0.15) is 0 Å². The second-order valence-electron chi connectivity index (χ2n) is 7.88. The molecule has 5 rings (SSSR count). The molecule has 1 aliphatic rings. The van der Waals surface area contributed by atoms with Gasteiger partial charge in [-0.05, 0) is 56.2 Å². The van der Waals surface area contributed by atoms with E-state index in [0.29, 0.717) is 25.2 Å². The summed E-state index contributed by atoms with van der Waals surface area (Å²) in [7, 11) is 0. The van der Waals surface area contributed by atoms with Gasteiger partial charge >= 0.3 is 5.97 Å². The summed E-state index contributed by atoms with van der Waals surface area (Å²) in [5, 5.41) is 5.58. The first-order valence-corrected chi connectivity index (χ1v) is 11.3. The van der Waals surface area contributed by atoms with Crippen molar-refractivity contribution in [3.63, 3.8) is 0 Å². The van der Waals surface area contributed by atoms with Crippen molar-refractivity contribution in [3.8, 4) is 22.8 Å². The molecule has 1 fully saturated rings. The number of hydrogen-bond donors (Lipinski definition) is 0. The van der Waals surface area contributed by atoms with Crippen LogP contribution < -0.4 is 0 Å². The summed E-state index contributed by atoms with van der Waals surface area (Å²) < 4.78 is 12.7. The predicted molar refractivity (Wildman–Crippen MR) is 126 cm³/mol. The van der Waals surface area contributed by atoms with E-state index < -0.39 is 0 Å². The smallest absolute Gasteiger partial charge is 0.320 e. The lowest BCUT2D eigenvalue weighted by Gasteiger charge is -2.19. The molecule has 0 radical (unpaired) electrons. The van der Waals surface area contributed by atoms with Gasteiger partial charge in [0.25, 0.3) is 4.84 Å². The molecule has 3 heterocycles. The van der Waals surface area contributed by atoms with E-state index in [1.54, 1.807) is 17.8 Å². The number of ether oxygens (including phenoxy) is 1. The SMILES string of the molecule is CCOC(=O)CN(Cn1nc(-c2cc(-c3ccccn3)nc3ccccc23)oc1=S)C1CC1. The molecule has 0 N–H and O–H groups in total. The van der Waals surface area contributed by atoms with E-state index in [0.717, 1.165) is 40.7 Å². The Hall–Kier alpha value is -3.43. The first-order chi connectivity index (χ1) is 16.1. The van der Waals surface area contributed by atoms with Crippen LogP contribution in [0.25, 0.3) is 33.7 Å². The summed E-state index contributed by atoms with van der Waals surface area (Å²) in [5.74, 6) is 0.155. The number of aromatic nitrogens is 4. The standard InChI is InChI=1S/C24H23N5O3S/c1-2-31-22(30)14-28(16-10-11-16)15-29-24(33)32-23(27-29)18-13-21(20-9-5-6-12-25-20)26-19-8-4-3-7-17(18)19/h3-9,12-13,16H,2,10-11,14-15H2,1H3. The van der Waals surface area contributed by atoms with E-state index in [-0.39, 0.29) is 17.4 Å². The highest BCUT2D eigenvalue weighted by Crippen LogP contribution is 2.31. The fourth-order valence-electron chi connectivity index (χ4n) is 3.78. The third-order valence-corrected chi connectivity index (χ3v) is 5.79. The average Bonchev–Trinajstić information content (AvgIpc) is 3.62. The van der Waals surface area contributed by atoms with Gasteiger partial charge in [0, 0.05) is 17.6 Å². The van der Waals surface area contributed by atoms with E-state index in [4.69, 9.17) is 26.4 Å². The summed E-state index contributed by atoms with van der Waals surface area (Å²) in [5.41, 5.74) is 3.08. The molecule has 168 valence electrons. The van der Waals surface area contributed by atoms with E-state index in [1.165, 1.54) is 0 Å². The number of benzene rings is 1. The average molecular weight is 462 g/mol. The minimum absolute atomic E-state index is 0.199. The van der Waals surface area contributed by atoms with E-state index in [9.17, 15) is 4.79 Å². The molecule has 0 aliphatic heterocycles. The van der Waals surface area contributed by atoms with Gasteiger partial charge in [0.15, 0.2) is 0 Å². The molecule has 0 amide bonds. The van der Waals surface area contributed by atoms with Gasteiger partial charge in [0.1, 0.15) is 0 Å². The van der Waals surface area contributed by atoms with Gasteiger partial charge in [-0.15, -0.1) is 5.10 Å². The summed E-state index contributed by atoms with van der Waals surface area (Å²) in [6.07, 6.45) is 3.82. The minimum Gasteiger partial charge on any atom is -0.465 e. The quantitative estimate of drug-likeness (QED) is 0.281. The number of fused-ring (bicyclic) bond motifs is 1. The fourth-order valence-corrected chi connectivity index (χ4v) is 3.96. The van der Waals surface area contributed by atoms with Gasteiger partial charge in [-0.25, -0.2) is 9.67 Å². The van der Waals surface area contributed by atoms with Crippen LogP contribution in [-0.4, -0.2) is 49.8 Å². The summed E-state index contributed by atoms with van der Waals surface area (Å²) >= 11 is 5.48. The largest absolute Gasteiger partial charge is 0.465 e. The normalized spacial score (nSPS) is 13.5. The summed E-state index contributed by atoms with van der Waals surface area (Å²) in [6.45, 7) is 2.72. The first-order valence-electron chi connectivity index (χ1n) is 10.9. The molecule has 9 heteroatoms. The van der Waals surface area contributed by atoms with Crippen LogP contribution in [0.5, 0.6) is 0 Å². The maximum Gasteiger partial charge on any atom is 0.320 e. The number of carbonyl (C=O) groups excluding carboxylic acids is 1. The molecule has 1 aliphatic carbocycles. The Morgan fingerprint density at radius 1 is 1.21 bits per heavy atom. The Kier molecular flexibility index (Phi) is 5.97. The van der Waals surface area contributed by atoms with Crippen LogP contribution in [0.4, 0.5) is 0 Å². The zero-order chi connectivity index (χ0) is 22.8. The van der Waals surface area contributed by atoms with Crippen molar-refractivity contribution in [2.24, 2.45) is 0 Å². The molecule has 4 aromatic rings. The van der Waals surface area contributed by atoms with Crippen LogP contribution >= 0.6 is 12.2 Å².